The minimum atomic E-state index is 0.458. The van der Waals surface area contributed by atoms with Gasteiger partial charge in [0.1, 0.15) is 0 Å². The molecule has 1 saturated carbocycles. The van der Waals surface area contributed by atoms with E-state index in [9.17, 15) is 0 Å². The molecule has 1 aliphatic rings. The number of aromatic nitrogens is 3. The summed E-state index contributed by atoms with van der Waals surface area (Å²) in [6.45, 7) is 5.29. The lowest BCUT2D eigenvalue weighted by atomic mass is 9.98. The maximum atomic E-state index is 5.82. The number of nitrogens with one attached hydrogen (secondary N) is 1. The van der Waals surface area contributed by atoms with Crippen LogP contribution in [0.4, 0.5) is 5.95 Å². The lowest BCUT2D eigenvalue weighted by Gasteiger charge is -2.21. The van der Waals surface area contributed by atoms with Gasteiger partial charge in [-0.05, 0) is 26.7 Å². The summed E-state index contributed by atoms with van der Waals surface area (Å²) in [5.74, 6) is 0.588. The first kappa shape index (κ1) is 13.2. The monoisotopic (exact) mass is 250 g/mol. The molecule has 0 bridgehead atoms. The number of rotatable bonds is 5. The summed E-state index contributed by atoms with van der Waals surface area (Å²) in [6.07, 6.45) is 6.85. The molecule has 1 heterocycles. The molecule has 100 valence electrons. The molecule has 5 nitrogen and oxygen atoms in total. The largest absolute Gasteiger partial charge is 0.376 e. The van der Waals surface area contributed by atoms with Gasteiger partial charge in [-0.25, -0.2) is 4.98 Å². The van der Waals surface area contributed by atoms with Crippen LogP contribution >= 0.6 is 0 Å². The van der Waals surface area contributed by atoms with Crippen molar-refractivity contribution in [1.29, 1.82) is 0 Å². The highest BCUT2D eigenvalue weighted by molar-refractivity contribution is 5.24. The lowest BCUT2D eigenvalue weighted by Crippen LogP contribution is -2.21. The third-order valence-corrected chi connectivity index (χ3v) is 3.38. The quantitative estimate of drug-likeness (QED) is 0.812. The minimum absolute atomic E-state index is 0.458. The third-order valence-electron chi connectivity index (χ3n) is 3.38. The first-order valence-electron chi connectivity index (χ1n) is 6.79. The second kappa shape index (κ2) is 6.64. The van der Waals surface area contributed by atoms with E-state index in [2.05, 4.69) is 20.5 Å². The number of ether oxygens (including phenoxy) is 1. The van der Waals surface area contributed by atoms with Gasteiger partial charge in [0.25, 0.3) is 0 Å². The van der Waals surface area contributed by atoms with Crippen molar-refractivity contribution >= 4 is 5.95 Å². The van der Waals surface area contributed by atoms with Gasteiger partial charge >= 0.3 is 0 Å². The molecular weight excluding hydrogens is 228 g/mol. The number of aryl methyl sites for hydroxylation is 2. The molecule has 0 aromatic carbocycles. The first-order chi connectivity index (χ1) is 8.75. The average molecular weight is 250 g/mol. The van der Waals surface area contributed by atoms with Crippen LogP contribution in [-0.4, -0.2) is 34.4 Å². The topological polar surface area (TPSA) is 59.9 Å². The van der Waals surface area contributed by atoms with Crippen molar-refractivity contribution in [3.63, 3.8) is 0 Å². The average Bonchev–Trinajstić information content (AvgIpc) is 2.40. The lowest BCUT2D eigenvalue weighted by molar-refractivity contribution is 0.0347. The van der Waals surface area contributed by atoms with E-state index in [1.807, 2.05) is 13.8 Å². The van der Waals surface area contributed by atoms with Gasteiger partial charge in [0, 0.05) is 6.54 Å². The van der Waals surface area contributed by atoms with Crippen LogP contribution in [0.5, 0.6) is 0 Å². The minimum Gasteiger partial charge on any atom is -0.376 e. The van der Waals surface area contributed by atoms with Gasteiger partial charge in [-0.1, -0.05) is 19.3 Å². The predicted molar refractivity (Wildman–Crippen MR) is 70.6 cm³/mol. The van der Waals surface area contributed by atoms with Crippen LogP contribution in [-0.2, 0) is 4.74 Å². The van der Waals surface area contributed by atoms with E-state index in [0.29, 0.717) is 18.7 Å². The fourth-order valence-electron chi connectivity index (χ4n) is 2.15. The van der Waals surface area contributed by atoms with E-state index in [1.54, 1.807) is 0 Å². The molecule has 18 heavy (non-hydrogen) atoms. The fraction of sp³-hybridized carbons (Fsp3) is 0.769. The van der Waals surface area contributed by atoms with Gasteiger partial charge in [0.05, 0.1) is 24.1 Å². The SMILES string of the molecule is Cc1nnc(NCCOC2CCCCC2)nc1C. The molecule has 1 aromatic rings. The second-order valence-electron chi connectivity index (χ2n) is 4.86. The van der Waals surface area contributed by atoms with Gasteiger partial charge in [-0.3, -0.25) is 0 Å². The Kier molecular flexibility index (Phi) is 4.87. The summed E-state index contributed by atoms with van der Waals surface area (Å²) in [6, 6.07) is 0. The van der Waals surface area contributed by atoms with E-state index >= 15 is 0 Å². The zero-order chi connectivity index (χ0) is 12.8. The number of hydrogen-bond acceptors (Lipinski definition) is 5. The molecule has 1 aliphatic carbocycles. The van der Waals surface area contributed by atoms with Gasteiger partial charge in [0.2, 0.25) is 5.95 Å². The fourth-order valence-corrected chi connectivity index (χ4v) is 2.15. The molecular formula is C13H22N4O. The molecule has 0 saturated heterocycles. The van der Waals surface area contributed by atoms with Crippen LogP contribution in [0.3, 0.4) is 0 Å². The normalized spacial score (nSPS) is 16.8. The summed E-state index contributed by atoms with van der Waals surface area (Å²) in [7, 11) is 0. The summed E-state index contributed by atoms with van der Waals surface area (Å²) in [5, 5.41) is 11.2. The van der Waals surface area contributed by atoms with Gasteiger partial charge in [-0.15, -0.1) is 5.10 Å². The number of hydrogen-bond donors (Lipinski definition) is 1. The van der Waals surface area contributed by atoms with Crippen LogP contribution < -0.4 is 5.32 Å². The Labute approximate surface area is 108 Å². The summed E-state index contributed by atoms with van der Waals surface area (Å²) in [5.41, 5.74) is 1.79. The molecule has 1 aromatic heterocycles. The zero-order valence-electron chi connectivity index (χ0n) is 11.3. The van der Waals surface area contributed by atoms with Crippen molar-refractivity contribution in [2.75, 3.05) is 18.5 Å². The Morgan fingerprint density at radius 3 is 2.61 bits per heavy atom. The molecule has 0 aliphatic heterocycles. The molecule has 1 fully saturated rings. The van der Waals surface area contributed by atoms with Crippen molar-refractivity contribution in [3.8, 4) is 0 Å². The molecule has 2 rings (SSSR count). The number of anilines is 1. The maximum Gasteiger partial charge on any atom is 0.243 e. The van der Waals surface area contributed by atoms with Crippen molar-refractivity contribution in [2.45, 2.75) is 52.1 Å². The van der Waals surface area contributed by atoms with Gasteiger partial charge in [-0.2, -0.15) is 5.10 Å². The van der Waals surface area contributed by atoms with Crippen LogP contribution in [0.25, 0.3) is 0 Å². The van der Waals surface area contributed by atoms with E-state index in [0.717, 1.165) is 17.9 Å². The smallest absolute Gasteiger partial charge is 0.243 e. The summed E-state index contributed by atoms with van der Waals surface area (Å²) >= 11 is 0. The summed E-state index contributed by atoms with van der Waals surface area (Å²) in [4.78, 5) is 4.32. The molecule has 0 radical (unpaired) electrons. The Morgan fingerprint density at radius 2 is 1.89 bits per heavy atom. The van der Waals surface area contributed by atoms with Crippen molar-refractivity contribution in [1.82, 2.24) is 15.2 Å². The van der Waals surface area contributed by atoms with Crippen LogP contribution in [0.15, 0.2) is 0 Å². The molecule has 0 atom stereocenters. The molecule has 0 spiro atoms. The van der Waals surface area contributed by atoms with Crippen molar-refractivity contribution < 1.29 is 4.74 Å². The highest BCUT2D eigenvalue weighted by Crippen LogP contribution is 2.19. The standard InChI is InChI=1S/C13H22N4O/c1-10-11(2)16-17-13(15-10)14-8-9-18-12-6-4-3-5-7-12/h12H,3-9H2,1-2H3,(H,14,15,17). The molecule has 0 unspecified atom stereocenters. The van der Waals surface area contributed by atoms with Gasteiger partial charge < -0.3 is 10.1 Å². The summed E-state index contributed by atoms with van der Waals surface area (Å²) < 4.78 is 5.82. The first-order valence-corrected chi connectivity index (χ1v) is 6.79. The highest BCUT2D eigenvalue weighted by atomic mass is 16.5. The number of nitrogens with zero attached hydrogens (tertiary/aromatic N) is 3. The van der Waals surface area contributed by atoms with Crippen LogP contribution in [0, 0.1) is 13.8 Å². The Hall–Kier alpha value is -1.23. The van der Waals surface area contributed by atoms with E-state index < -0.39 is 0 Å². The third kappa shape index (κ3) is 3.91. The highest BCUT2D eigenvalue weighted by Gasteiger charge is 2.13. The van der Waals surface area contributed by atoms with E-state index in [1.165, 1.54) is 32.1 Å². The maximum absolute atomic E-state index is 5.82. The van der Waals surface area contributed by atoms with Crippen molar-refractivity contribution in [2.24, 2.45) is 0 Å². The Balaban J connectivity index is 1.66. The second-order valence-corrected chi connectivity index (χ2v) is 4.86. The molecule has 5 heteroatoms. The van der Waals surface area contributed by atoms with Crippen LogP contribution in [0.1, 0.15) is 43.5 Å². The van der Waals surface area contributed by atoms with E-state index in [-0.39, 0.29) is 0 Å². The zero-order valence-corrected chi connectivity index (χ0v) is 11.3. The van der Waals surface area contributed by atoms with E-state index in [4.69, 9.17) is 4.74 Å². The molecule has 1 N–H and O–H groups in total. The van der Waals surface area contributed by atoms with Crippen molar-refractivity contribution in [3.05, 3.63) is 11.4 Å². The Bertz CT molecular complexity index is 377. The van der Waals surface area contributed by atoms with Gasteiger partial charge in [0.15, 0.2) is 0 Å². The Morgan fingerprint density at radius 1 is 1.11 bits per heavy atom. The molecule has 0 amide bonds. The van der Waals surface area contributed by atoms with Crippen LogP contribution in [0.2, 0.25) is 0 Å². The predicted octanol–water partition coefficient (Wildman–Crippen LogP) is 2.25.